The summed E-state index contributed by atoms with van der Waals surface area (Å²) in [5, 5.41) is 0. The molecule has 1 fully saturated rings. The zero-order valence-electron chi connectivity index (χ0n) is 10.4. The van der Waals surface area contributed by atoms with E-state index in [9.17, 15) is 9.18 Å². The first kappa shape index (κ1) is 12.2. The number of hydrogen-bond acceptors (Lipinski definition) is 2. The Kier molecular flexibility index (Phi) is 3.29. The van der Waals surface area contributed by atoms with E-state index in [1.165, 1.54) is 6.07 Å². The molecule has 0 N–H and O–H groups in total. The normalized spacial score (nSPS) is 24.0. The van der Waals surface area contributed by atoms with Crippen LogP contribution in [0.2, 0.25) is 0 Å². The lowest BCUT2D eigenvalue weighted by atomic mass is 9.92. The van der Waals surface area contributed by atoms with Gasteiger partial charge in [-0.2, -0.15) is 0 Å². The second-order valence-electron chi connectivity index (χ2n) is 4.86. The zero-order chi connectivity index (χ0) is 12.6. The number of benzene rings is 1. The molecule has 92 valence electrons. The maximum atomic E-state index is 13.9. The Labute approximate surface area is 101 Å². The van der Waals surface area contributed by atoms with Gasteiger partial charge in [-0.3, -0.25) is 4.79 Å². The fourth-order valence-electron chi connectivity index (χ4n) is 2.40. The monoisotopic (exact) mass is 236 g/mol. The van der Waals surface area contributed by atoms with Crippen molar-refractivity contribution in [1.82, 2.24) is 0 Å². The second kappa shape index (κ2) is 4.57. The molecule has 17 heavy (non-hydrogen) atoms. The molecule has 2 rings (SSSR count). The molecule has 1 saturated heterocycles. The summed E-state index contributed by atoms with van der Waals surface area (Å²) in [5.41, 5.74) is 1.71. The molecule has 0 aliphatic carbocycles. The predicted molar refractivity (Wildman–Crippen MR) is 63.7 cm³/mol. The quantitative estimate of drug-likeness (QED) is 0.738. The molecule has 0 bridgehead atoms. The van der Waals surface area contributed by atoms with Crippen molar-refractivity contribution in [2.45, 2.75) is 33.3 Å². The Hall–Kier alpha value is -1.22. The van der Waals surface area contributed by atoms with Gasteiger partial charge in [-0.05, 0) is 43.4 Å². The Morgan fingerprint density at radius 3 is 2.65 bits per heavy atom. The van der Waals surface area contributed by atoms with E-state index < -0.39 is 11.9 Å². The lowest BCUT2D eigenvalue weighted by molar-refractivity contribution is 0.0574. The van der Waals surface area contributed by atoms with E-state index in [2.05, 4.69) is 0 Å². The highest BCUT2D eigenvalue weighted by Crippen LogP contribution is 2.26. The minimum Gasteiger partial charge on any atom is -0.370 e. The summed E-state index contributed by atoms with van der Waals surface area (Å²) in [6.07, 6.45) is 0.383. The van der Waals surface area contributed by atoms with Gasteiger partial charge in [-0.25, -0.2) is 4.39 Å². The van der Waals surface area contributed by atoms with Crippen molar-refractivity contribution in [3.05, 3.63) is 34.6 Å². The smallest absolute Gasteiger partial charge is 0.195 e. The van der Waals surface area contributed by atoms with Crippen molar-refractivity contribution in [1.29, 1.82) is 0 Å². The van der Waals surface area contributed by atoms with Crippen molar-refractivity contribution >= 4 is 5.78 Å². The summed E-state index contributed by atoms with van der Waals surface area (Å²) in [7, 11) is 0. The van der Waals surface area contributed by atoms with Gasteiger partial charge in [0.05, 0.1) is 5.56 Å². The first-order valence-electron chi connectivity index (χ1n) is 5.93. The number of halogens is 1. The number of Topliss-reactive ketones (excluding diaryl/α,β-unsaturated/α-hetero) is 1. The minimum atomic E-state index is -0.481. The number of rotatable bonds is 2. The van der Waals surface area contributed by atoms with Gasteiger partial charge in [0.1, 0.15) is 11.9 Å². The Morgan fingerprint density at radius 1 is 1.41 bits per heavy atom. The molecule has 0 aromatic heterocycles. The van der Waals surface area contributed by atoms with Gasteiger partial charge in [0.2, 0.25) is 0 Å². The lowest BCUT2D eigenvalue weighted by Crippen LogP contribution is -2.27. The Balaban J connectivity index is 2.37. The topological polar surface area (TPSA) is 26.3 Å². The van der Waals surface area contributed by atoms with Crippen molar-refractivity contribution in [2.75, 3.05) is 6.61 Å². The molecule has 1 aliphatic rings. The molecule has 1 aromatic rings. The van der Waals surface area contributed by atoms with Gasteiger partial charge < -0.3 is 4.74 Å². The Bertz CT molecular complexity index is 431. The van der Waals surface area contributed by atoms with Crippen LogP contribution in [0.5, 0.6) is 0 Å². The summed E-state index contributed by atoms with van der Waals surface area (Å²) < 4.78 is 19.3. The third-order valence-electron chi connectivity index (χ3n) is 3.32. The van der Waals surface area contributed by atoms with Crippen LogP contribution in [0.25, 0.3) is 0 Å². The summed E-state index contributed by atoms with van der Waals surface area (Å²) in [6, 6.07) is 3.23. The van der Waals surface area contributed by atoms with Crippen molar-refractivity contribution in [2.24, 2.45) is 5.92 Å². The van der Waals surface area contributed by atoms with Crippen LogP contribution in [0.3, 0.4) is 0 Å². The summed E-state index contributed by atoms with van der Waals surface area (Å²) in [5.74, 6) is -0.484. The third-order valence-corrected chi connectivity index (χ3v) is 3.32. The van der Waals surface area contributed by atoms with Gasteiger partial charge in [0.15, 0.2) is 5.78 Å². The zero-order valence-corrected chi connectivity index (χ0v) is 10.4. The SMILES string of the molecule is Cc1cc(C)c(C(=O)C2OCCC2C)c(F)c1. The third kappa shape index (κ3) is 2.25. The van der Waals surface area contributed by atoms with Gasteiger partial charge in [-0.15, -0.1) is 0 Å². The van der Waals surface area contributed by atoms with Crippen LogP contribution in [-0.2, 0) is 4.74 Å². The molecular weight excluding hydrogens is 219 g/mol. The van der Waals surface area contributed by atoms with Crippen molar-refractivity contribution < 1.29 is 13.9 Å². The summed E-state index contributed by atoms with van der Waals surface area (Å²) in [4.78, 5) is 12.2. The second-order valence-corrected chi connectivity index (χ2v) is 4.86. The highest BCUT2D eigenvalue weighted by atomic mass is 19.1. The predicted octanol–water partition coefficient (Wildman–Crippen LogP) is 3.05. The van der Waals surface area contributed by atoms with E-state index in [-0.39, 0.29) is 17.3 Å². The standard InChI is InChI=1S/C14H17FO2/c1-8-6-10(3)12(11(15)7-8)13(16)14-9(2)4-5-17-14/h6-7,9,14H,4-5H2,1-3H3. The van der Waals surface area contributed by atoms with Crippen LogP contribution in [0.1, 0.15) is 34.8 Å². The van der Waals surface area contributed by atoms with Crippen LogP contribution >= 0.6 is 0 Å². The van der Waals surface area contributed by atoms with E-state index in [0.717, 1.165) is 12.0 Å². The number of ketones is 1. The van der Waals surface area contributed by atoms with E-state index in [0.29, 0.717) is 12.2 Å². The van der Waals surface area contributed by atoms with Crippen LogP contribution in [-0.4, -0.2) is 18.5 Å². The highest BCUT2D eigenvalue weighted by molar-refractivity contribution is 6.01. The first-order valence-corrected chi connectivity index (χ1v) is 5.93. The molecule has 2 nitrogen and oxygen atoms in total. The molecule has 1 aliphatic heterocycles. The average molecular weight is 236 g/mol. The number of hydrogen-bond donors (Lipinski definition) is 0. The average Bonchev–Trinajstić information content (AvgIpc) is 2.62. The molecule has 0 spiro atoms. The first-order chi connectivity index (χ1) is 8.00. The molecule has 2 atom stereocenters. The fraction of sp³-hybridized carbons (Fsp3) is 0.500. The highest BCUT2D eigenvalue weighted by Gasteiger charge is 2.33. The van der Waals surface area contributed by atoms with E-state index >= 15 is 0 Å². The van der Waals surface area contributed by atoms with E-state index in [1.807, 2.05) is 19.9 Å². The maximum Gasteiger partial charge on any atom is 0.195 e. The minimum absolute atomic E-state index is 0.169. The number of aryl methyl sites for hydroxylation is 2. The summed E-state index contributed by atoms with van der Waals surface area (Å²) in [6.45, 7) is 6.14. The number of carbonyl (C=O) groups excluding carboxylic acids is 1. The van der Waals surface area contributed by atoms with Crippen LogP contribution in [0.4, 0.5) is 4.39 Å². The molecule has 0 amide bonds. The van der Waals surface area contributed by atoms with Crippen molar-refractivity contribution in [3.63, 3.8) is 0 Å². The molecule has 1 heterocycles. The van der Waals surface area contributed by atoms with Crippen LogP contribution in [0, 0.1) is 25.6 Å². The molecular formula is C14H17FO2. The van der Waals surface area contributed by atoms with E-state index in [4.69, 9.17) is 4.74 Å². The maximum absolute atomic E-state index is 13.9. The number of ether oxygens (including phenoxy) is 1. The Morgan fingerprint density at radius 2 is 2.12 bits per heavy atom. The van der Waals surface area contributed by atoms with Gasteiger partial charge in [-0.1, -0.05) is 13.0 Å². The van der Waals surface area contributed by atoms with Crippen LogP contribution in [0.15, 0.2) is 12.1 Å². The largest absolute Gasteiger partial charge is 0.370 e. The molecule has 3 heteroatoms. The van der Waals surface area contributed by atoms with Crippen LogP contribution < -0.4 is 0 Å². The van der Waals surface area contributed by atoms with E-state index in [1.54, 1.807) is 6.92 Å². The molecule has 1 aromatic carbocycles. The molecule has 0 saturated carbocycles. The number of carbonyl (C=O) groups is 1. The lowest BCUT2D eigenvalue weighted by Gasteiger charge is -2.15. The van der Waals surface area contributed by atoms with Gasteiger partial charge in [0, 0.05) is 6.61 Å². The molecule has 2 unspecified atom stereocenters. The molecule has 0 radical (unpaired) electrons. The summed E-state index contributed by atoms with van der Waals surface area (Å²) >= 11 is 0. The van der Waals surface area contributed by atoms with Gasteiger partial charge >= 0.3 is 0 Å². The van der Waals surface area contributed by atoms with Crippen molar-refractivity contribution in [3.8, 4) is 0 Å². The fourth-order valence-corrected chi connectivity index (χ4v) is 2.40. The van der Waals surface area contributed by atoms with Gasteiger partial charge in [0.25, 0.3) is 0 Å².